The summed E-state index contributed by atoms with van der Waals surface area (Å²) in [5.74, 6) is 1.89. The Morgan fingerprint density at radius 3 is 3.00 bits per heavy atom. The summed E-state index contributed by atoms with van der Waals surface area (Å²) in [5, 5.41) is 5.60. The van der Waals surface area contributed by atoms with Gasteiger partial charge < -0.3 is 9.88 Å². The molecule has 1 N–H and O–H groups in total. The molecule has 0 radical (unpaired) electrons. The van der Waals surface area contributed by atoms with Crippen LogP contribution in [0.4, 0.5) is 0 Å². The smallest absolute Gasteiger partial charge is 0.150 e. The van der Waals surface area contributed by atoms with Crippen LogP contribution in [0.15, 0.2) is 29.9 Å². The SMILES string of the molecule is CC(C)CCCNCCn1ccnc1-c1cccs1. The molecule has 0 unspecified atom stereocenters. The van der Waals surface area contributed by atoms with Gasteiger partial charge in [0.25, 0.3) is 0 Å². The quantitative estimate of drug-likeness (QED) is 0.747. The number of aromatic nitrogens is 2. The van der Waals surface area contributed by atoms with E-state index in [4.69, 9.17) is 0 Å². The molecule has 0 aliphatic rings. The lowest BCUT2D eigenvalue weighted by Gasteiger charge is -2.09. The molecule has 3 nitrogen and oxygen atoms in total. The van der Waals surface area contributed by atoms with Gasteiger partial charge in [0.2, 0.25) is 0 Å². The van der Waals surface area contributed by atoms with Crippen molar-refractivity contribution in [2.75, 3.05) is 13.1 Å². The Kier molecular flexibility index (Phi) is 5.61. The summed E-state index contributed by atoms with van der Waals surface area (Å²) >= 11 is 1.74. The van der Waals surface area contributed by atoms with Crippen molar-refractivity contribution in [2.24, 2.45) is 5.92 Å². The molecule has 0 aliphatic heterocycles. The number of nitrogens with zero attached hydrogens (tertiary/aromatic N) is 2. The van der Waals surface area contributed by atoms with Crippen LogP contribution in [0.3, 0.4) is 0 Å². The summed E-state index contributed by atoms with van der Waals surface area (Å²) in [5.41, 5.74) is 0. The molecule has 104 valence electrons. The Morgan fingerprint density at radius 1 is 1.37 bits per heavy atom. The molecule has 19 heavy (non-hydrogen) atoms. The summed E-state index contributed by atoms with van der Waals surface area (Å²) in [6, 6.07) is 4.20. The Morgan fingerprint density at radius 2 is 2.26 bits per heavy atom. The lowest BCUT2D eigenvalue weighted by Crippen LogP contribution is -2.21. The molecule has 0 amide bonds. The molecule has 2 rings (SSSR count). The molecular weight excluding hydrogens is 254 g/mol. The van der Waals surface area contributed by atoms with Crippen LogP contribution in [0.25, 0.3) is 10.7 Å². The zero-order chi connectivity index (χ0) is 13.5. The first kappa shape index (κ1) is 14.3. The molecule has 0 saturated carbocycles. The third kappa shape index (κ3) is 4.48. The standard InChI is InChI=1S/C15H23N3S/c1-13(2)5-3-7-16-8-10-18-11-9-17-15(18)14-6-4-12-19-14/h4,6,9,11-13,16H,3,5,7-8,10H2,1-2H3. The Hall–Kier alpha value is -1.13. The second-order valence-corrected chi connectivity index (χ2v) is 6.16. The number of imidazole rings is 1. The van der Waals surface area contributed by atoms with Crippen molar-refractivity contribution >= 4 is 11.3 Å². The first-order valence-electron chi connectivity index (χ1n) is 7.03. The molecule has 4 heteroatoms. The highest BCUT2D eigenvalue weighted by atomic mass is 32.1. The van der Waals surface area contributed by atoms with Crippen molar-refractivity contribution in [3.63, 3.8) is 0 Å². The predicted octanol–water partition coefficient (Wildman–Crippen LogP) is 3.64. The maximum absolute atomic E-state index is 4.44. The third-order valence-corrected chi connectivity index (χ3v) is 3.99. The summed E-state index contributed by atoms with van der Waals surface area (Å²) in [6.45, 7) is 7.65. The van der Waals surface area contributed by atoms with Crippen LogP contribution in [0.5, 0.6) is 0 Å². The van der Waals surface area contributed by atoms with E-state index in [1.807, 2.05) is 6.20 Å². The number of rotatable bonds is 8. The maximum Gasteiger partial charge on any atom is 0.150 e. The van der Waals surface area contributed by atoms with E-state index in [1.165, 1.54) is 17.7 Å². The second-order valence-electron chi connectivity index (χ2n) is 5.21. The van der Waals surface area contributed by atoms with Gasteiger partial charge in [-0.05, 0) is 36.8 Å². The van der Waals surface area contributed by atoms with Crippen molar-refractivity contribution < 1.29 is 0 Å². The monoisotopic (exact) mass is 277 g/mol. The van der Waals surface area contributed by atoms with Crippen LogP contribution in [0, 0.1) is 5.92 Å². The van der Waals surface area contributed by atoms with Gasteiger partial charge in [0.15, 0.2) is 0 Å². The molecule has 2 aromatic rings. The van der Waals surface area contributed by atoms with Gasteiger partial charge in [0.05, 0.1) is 4.88 Å². The minimum Gasteiger partial charge on any atom is -0.329 e. The molecular formula is C15H23N3S. The zero-order valence-electron chi connectivity index (χ0n) is 11.8. The van der Waals surface area contributed by atoms with Crippen LogP contribution >= 0.6 is 11.3 Å². The van der Waals surface area contributed by atoms with Gasteiger partial charge in [-0.15, -0.1) is 11.3 Å². The Balaban J connectivity index is 1.74. The third-order valence-electron chi connectivity index (χ3n) is 3.12. The fourth-order valence-electron chi connectivity index (χ4n) is 2.08. The number of hydrogen-bond acceptors (Lipinski definition) is 3. The molecule has 0 aliphatic carbocycles. The molecule has 0 aromatic carbocycles. The summed E-state index contributed by atoms with van der Waals surface area (Å²) in [4.78, 5) is 5.68. The van der Waals surface area contributed by atoms with E-state index in [0.29, 0.717) is 0 Å². The topological polar surface area (TPSA) is 29.9 Å². The highest BCUT2D eigenvalue weighted by Crippen LogP contribution is 2.22. The molecule has 2 aromatic heterocycles. The molecule has 0 spiro atoms. The van der Waals surface area contributed by atoms with Crippen molar-refractivity contribution in [3.05, 3.63) is 29.9 Å². The van der Waals surface area contributed by atoms with Crippen molar-refractivity contribution in [1.29, 1.82) is 0 Å². The minimum absolute atomic E-state index is 0.806. The number of hydrogen-bond donors (Lipinski definition) is 1. The van der Waals surface area contributed by atoms with Gasteiger partial charge in [-0.3, -0.25) is 0 Å². The highest BCUT2D eigenvalue weighted by molar-refractivity contribution is 7.13. The van der Waals surface area contributed by atoms with Crippen LogP contribution in [-0.4, -0.2) is 22.6 Å². The van der Waals surface area contributed by atoms with Crippen molar-refractivity contribution in [2.45, 2.75) is 33.2 Å². The fraction of sp³-hybridized carbons (Fsp3) is 0.533. The van der Waals surface area contributed by atoms with E-state index < -0.39 is 0 Å². The van der Waals surface area contributed by atoms with Gasteiger partial charge >= 0.3 is 0 Å². The number of thiophene rings is 1. The van der Waals surface area contributed by atoms with Crippen molar-refractivity contribution in [1.82, 2.24) is 14.9 Å². The second kappa shape index (κ2) is 7.46. The normalized spacial score (nSPS) is 11.3. The van der Waals surface area contributed by atoms with Gasteiger partial charge in [0, 0.05) is 25.5 Å². The van der Waals surface area contributed by atoms with E-state index >= 15 is 0 Å². The van der Waals surface area contributed by atoms with Crippen molar-refractivity contribution in [3.8, 4) is 10.7 Å². The summed E-state index contributed by atoms with van der Waals surface area (Å²) in [7, 11) is 0. The largest absolute Gasteiger partial charge is 0.329 e. The molecule has 0 fully saturated rings. The summed E-state index contributed by atoms with van der Waals surface area (Å²) in [6.07, 6.45) is 6.51. The van der Waals surface area contributed by atoms with Gasteiger partial charge in [-0.25, -0.2) is 4.98 Å². The van der Waals surface area contributed by atoms with Gasteiger partial charge in [0.1, 0.15) is 5.82 Å². The Labute approximate surface area is 119 Å². The molecule has 2 heterocycles. The average molecular weight is 277 g/mol. The first-order valence-corrected chi connectivity index (χ1v) is 7.91. The van der Waals surface area contributed by atoms with Crippen LogP contribution in [-0.2, 0) is 6.54 Å². The van der Waals surface area contributed by atoms with E-state index in [9.17, 15) is 0 Å². The van der Waals surface area contributed by atoms with Crippen LogP contribution < -0.4 is 5.32 Å². The maximum atomic E-state index is 4.44. The van der Waals surface area contributed by atoms with E-state index in [1.54, 1.807) is 11.3 Å². The van der Waals surface area contributed by atoms with Gasteiger partial charge in [-0.1, -0.05) is 19.9 Å². The molecule has 0 bridgehead atoms. The average Bonchev–Trinajstić information content (AvgIpc) is 3.03. The lowest BCUT2D eigenvalue weighted by molar-refractivity contribution is 0.516. The molecule has 0 atom stereocenters. The van der Waals surface area contributed by atoms with E-state index in [-0.39, 0.29) is 0 Å². The van der Waals surface area contributed by atoms with E-state index in [0.717, 1.165) is 31.4 Å². The predicted molar refractivity (Wildman–Crippen MR) is 82.5 cm³/mol. The van der Waals surface area contributed by atoms with E-state index in [2.05, 4.69) is 52.4 Å². The number of nitrogens with one attached hydrogen (secondary N) is 1. The zero-order valence-corrected chi connectivity index (χ0v) is 12.6. The molecule has 0 saturated heterocycles. The van der Waals surface area contributed by atoms with Crippen LogP contribution in [0.1, 0.15) is 26.7 Å². The fourth-order valence-corrected chi connectivity index (χ4v) is 2.82. The minimum atomic E-state index is 0.806. The highest BCUT2D eigenvalue weighted by Gasteiger charge is 2.05. The Bertz CT molecular complexity index is 459. The lowest BCUT2D eigenvalue weighted by atomic mass is 10.1. The van der Waals surface area contributed by atoms with Crippen LogP contribution in [0.2, 0.25) is 0 Å². The summed E-state index contributed by atoms with van der Waals surface area (Å²) < 4.78 is 2.22. The first-order chi connectivity index (χ1) is 9.27. The van der Waals surface area contributed by atoms with Gasteiger partial charge in [-0.2, -0.15) is 0 Å².